The predicted molar refractivity (Wildman–Crippen MR) is 427 cm³/mol. The zero-order valence-corrected chi connectivity index (χ0v) is 63.9. The van der Waals surface area contributed by atoms with E-state index in [0.717, 1.165) is 76.1 Å². The number of nitrogens with one attached hydrogen (secondary N) is 2. The Morgan fingerprint density at radius 3 is 0.887 bits per heavy atom. The van der Waals surface area contributed by atoms with Gasteiger partial charge in [0.25, 0.3) is 23.6 Å². The molecule has 0 aromatic heterocycles. The Morgan fingerprint density at radius 1 is 0.443 bits per heavy atom. The molecule has 4 N–H and O–H groups in total. The number of carbonyl (C=O) groups is 8. The van der Waals surface area contributed by atoms with Crippen molar-refractivity contribution in [3.05, 3.63) is 144 Å². The average molecular weight is 1490 g/mol. The normalized spacial score (nSPS) is 11.9. The third-order valence-corrected chi connectivity index (χ3v) is 18.7. The van der Waals surface area contributed by atoms with E-state index in [4.69, 9.17) is 15.2 Å². The van der Waals surface area contributed by atoms with E-state index < -0.39 is 0 Å². The molecule has 0 radical (unpaired) electrons. The van der Waals surface area contributed by atoms with Crippen molar-refractivity contribution in [3.8, 4) is 22.3 Å². The first-order valence-electron chi connectivity index (χ1n) is 31.9. The number of amides is 6. The second kappa shape index (κ2) is 64.0. The molecule has 2 aliphatic heterocycles. The standard InChI is InChI=1S/2C16H14O2.2C13H20N2O3.C6H15N.3C2H6.4CH4.2P2S2/c2*1-11(17)18-10-16-14-8-4-2-6-12(14)13-7-3-5-9-15(13)16;2*1-10(2)4-3-8-14-11(16)7-9-15-12(17)5-6-13(15)18;1-6(2)4-3-5-7;3*1-2;;;;;2*3-1-2-4/h2*2-9,16H,10H2,1H3;2*5-6,10H,3-4,7-9H2,1-2H3,(H,14,16);6H,3-5,7H2,1-2H3;3*1-2H3;4*1H4;;. The maximum atomic E-state index is 11.5. The Hall–Kier alpha value is -5.44. The van der Waals surface area contributed by atoms with Crippen LogP contribution in [-0.2, 0) is 95.1 Å². The molecule has 542 valence electrons. The predicted octanol–water partition coefficient (Wildman–Crippen LogP) is 18.9. The molecule has 0 fully saturated rings. The van der Waals surface area contributed by atoms with Gasteiger partial charge in [-0.25, -0.2) is 0 Å². The van der Waals surface area contributed by atoms with Crippen molar-refractivity contribution >= 4 is 123 Å². The van der Waals surface area contributed by atoms with Gasteiger partial charge in [-0.2, -0.15) is 0 Å². The summed E-state index contributed by atoms with van der Waals surface area (Å²) in [6.45, 7) is 31.2. The van der Waals surface area contributed by atoms with E-state index in [1.165, 1.54) is 95.5 Å². The fraction of sp³-hybridized carbons (Fsp3) is 0.514. The van der Waals surface area contributed by atoms with Crippen LogP contribution in [0, 0.1) is 17.8 Å². The Bertz CT molecular complexity index is 2670. The zero-order valence-electron chi connectivity index (χ0n) is 57.0. The smallest absolute Gasteiger partial charge is 0.302 e. The Morgan fingerprint density at radius 2 is 0.680 bits per heavy atom. The van der Waals surface area contributed by atoms with E-state index >= 15 is 0 Å². The molecule has 97 heavy (non-hydrogen) atoms. The Labute approximate surface area is 612 Å². The molecular weight excluding hydrogens is 1370 g/mol. The molecule has 0 bridgehead atoms. The fourth-order valence-electron chi connectivity index (χ4n) is 9.19. The minimum atomic E-state index is -0.340. The summed E-state index contributed by atoms with van der Waals surface area (Å²) in [5.41, 5.74) is 15.3. The van der Waals surface area contributed by atoms with E-state index in [2.05, 4.69) is 148 Å². The molecule has 2 aliphatic carbocycles. The van der Waals surface area contributed by atoms with Crippen molar-refractivity contribution in [2.24, 2.45) is 23.5 Å². The van der Waals surface area contributed by atoms with Gasteiger partial charge in [-0.3, -0.25) is 48.2 Å². The summed E-state index contributed by atoms with van der Waals surface area (Å²) >= 11 is 17.6. The second-order valence-corrected chi connectivity index (χ2v) is 29.8. The van der Waals surface area contributed by atoms with Crippen LogP contribution in [0.3, 0.4) is 0 Å². The fourth-order valence-corrected chi connectivity index (χ4v) is 9.19. The molecule has 0 unspecified atom stereocenters. The van der Waals surface area contributed by atoms with Crippen molar-refractivity contribution in [1.82, 2.24) is 20.4 Å². The molecule has 8 rings (SSSR count). The minimum Gasteiger partial charge on any atom is -0.465 e. The van der Waals surface area contributed by atoms with E-state index in [1.54, 1.807) is 0 Å². The number of rotatable bonds is 23. The van der Waals surface area contributed by atoms with E-state index in [9.17, 15) is 38.4 Å². The topological polar surface area (TPSA) is 212 Å². The van der Waals surface area contributed by atoms with Crippen LogP contribution in [0.15, 0.2) is 121 Å². The van der Waals surface area contributed by atoms with Crippen LogP contribution in [0.25, 0.3) is 22.3 Å². The lowest BCUT2D eigenvalue weighted by atomic mass is 9.98. The van der Waals surface area contributed by atoms with Crippen molar-refractivity contribution in [2.45, 2.75) is 190 Å². The first-order valence-corrected chi connectivity index (χ1v) is 40.9. The van der Waals surface area contributed by atoms with Crippen molar-refractivity contribution in [1.29, 1.82) is 0 Å². The van der Waals surface area contributed by atoms with Gasteiger partial charge in [0.1, 0.15) is 13.2 Å². The van der Waals surface area contributed by atoms with Crippen LogP contribution in [0.5, 0.6) is 0 Å². The number of fused-ring (bicyclic) bond motifs is 6. The molecule has 0 saturated carbocycles. The summed E-state index contributed by atoms with van der Waals surface area (Å²) in [5.74, 6) is 0.374. The molecule has 4 aromatic rings. The Balaban J connectivity index is -0.000000256. The number of esters is 2. The quantitative estimate of drug-likeness (QED) is 0.0273. The Kier molecular flexibility index (Phi) is 67.6. The molecule has 6 amide bonds. The lowest BCUT2D eigenvalue weighted by Gasteiger charge is -2.13. The van der Waals surface area contributed by atoms with Crippen LogP contribution in [-0.4, -0.2) is 103 Å². The van der Waals surface area contributed by atoms with Gasteiger partial charge in [0, 0.05) is 117 Å². The number of hydrogen-bond donors (Lipinski definition) is 3. The monoisotopic (exact) mass is 1490 g/mol. The molecular formula is C74H117N5O10P4S4. The van der Waals surface area contributed by atoms with Crippen LogP contribution in [0.2, 0.25) is 0 Å². The van der Waals surface area contributed by atoms with Gasteiger partial charge < -0.3 is 25.8 Å². The summed E-state index contributed by atoms with van der Waals surface area (Å²) in [6, 6.07) is 33.3. The largest absolute Gasteiger partial charge is 0.465 e. The van der Waals surface area contributed by atoms with Gasteiger partial charge in [0.15, 0.2) is 0 Å². The summed E-state index contributed by atoms with van der Waals surface area (Å²) < 4.78 is 10.4. The highest BCUT2D eigenvalue weighted by Gasteiger charge is 2.30. The third kappa shape index (κ3) is 43.0. The van der Waals surface area contributed by atoms with Crippen LogP contribution in [0.4, 0.5) is 0 Å². The highest BCUT2D eigenvalue weighted by Crippen LogP contribution is 2.45. The van der Waals surface area contributed by atoms with E-state index in [1.807, 2.05) is 90.1 Å². The number of imide groups is 2. The molecule has 23 heteroatoms. The zero-order chi connectivity index (χ0) is 70.7. The maximum absolute atomic E-state index is 11.5. The van der Waals surface area contributed by atoms with Crippen molar-refractivity contribution < 1.29 is 47.8 Å². The third-order valence-electron chi connectivity index (χ3n) is 13.4. The average Bonchev–Trinajstić information content (AvgIpc) is 1.65. The first kappa shape index (κ1) is 103. The number of benzene rings is 4. The summed E-state index contributed by atoms with van der Waals surface area (Å²) in [7, 11) is 3.48. The van der Waals surface area contributed by atoms with Crippen molar-refractivity contribution in [3.63, 3.8) is 0 Å². The molecule has 0 saturated heterocycles. The molecule has 2 heterocycles. The van der Waals surface area contributed by atoms with Gasteiger partial charge in [-0.15, -0.1) is 0 Å². The molecule has 4 aliphatic rings. The lowest BCUT2D eigenvalue weighted by molar-refractivity contribution is -0.142. The number of ether oxygens (including phenoxy) is 2. The summed E-state index contributed by atoms with van der Waals surface area (Å²) in [4.78, 5) is 92.0. The number of nitrogens with two attached hydrogens (primary N) is 1. The van der Waals surface area contributed by atoms with Gasteiger partial charge in [-0.1, -0.05) is 210 Å². The van der Waals surface area contributed by atoms with Gasteiger partial charge in [0.2, 0.25) is 11.8 Å². The summed E-state index contributed by atoms with van der Waals surface area (Å²) in [5, 5.41) is 5.57. The number of carbonyl (C=O) groups excluding carboxylic acids is 8. The lowest BCUT2D eigenvalue weighted by Crippen LogP contribution is -2.35. The first-order chi connectivity index (χ1) is 44.6. The highest BCUT2D eigenvalue weighted by molar-refractivity contribution is 8.41. The van der Waals surface area contributed by atoms with Gasteiger partial charge in [0.05, 0.1) is 0 Å². The number of hydrogen-bond acceptors (Lipinski definition) is 15. The van der Waals surface area contributed by atoms with Crippen LogP contribution < -0.4 is 16.4 Å². The van der Waals surface area contributed by atoms with E-state index in [0.29, 0.717) is 38.1 Å². The van der Waals surface area contributed by atoms with Crippen molar-refractivity contribution in [2.75, 3.05) is 45.9 Å². The minimum absolute atomic E-state index is 0. The van der Waals surface area contributed by atoms with Gasteiger partial charge in [-0.05, 0) is 155 Å². The molecule has 0 atom stereocenters. The highest BCUT2D eigenvalue weighted by atomic mass is 32.7. The maximum Gasteiger partial charge on any atom is 0.302 e. The molecule has 4 aromatic carbocycles. The van der Waals surface area contributed by atoms with Crippen LogP contribution >= 0.6 is 28.2 Å². The molecule has 0 spiro atoms. The second-order valence-electron chi connectivity index (χ2n) is 21.3. The number of nitrogens with zero attached hydrogens (tertiary/aromatic N) is 2. The van der Waals surface area contributed by atoms with E-state index in [-0.39, 0.29) is 115 Å². The van der Waals surface area contributed by atoms with Crippen LogP contribution in [0.1, 0.15) is 212 Å². The summed E-state index contributed by atoms with van der Waals surface area (Å²) in [6.07, 6.45) is 11.7. The molecule has 15 nitrogen and oxygen atoms in total. The SMILES string of the molecule is C.C.C.C.CC.CC.CC.CC(=O)OCC1c2ccccc2-c2ccccc21.CC(=O)OCC1c2ccccc2-c2ccccc21.CC(C)CCCN.CC(C)CCCNC(=O)CCN1C(=O)C=CC1=O.CC(C)CCCNC(=O)CCN1C(=O)C=CC1=O.S=PP=S.S=PP=S. The van der Waals surface area contributed by atoms with Gasteiger partial charge >= 0.3 is 11.9 Å².